The van der Waals surface area contributed by atoms with Gasteiger partial charge in [-0.25, -0.2) is 9.18 Å². The zero-order valence-electron chi connectivity index (χ0n) is 12.4. The smallest absolute Gasteiger partial charge is 0.410 e. The maximum absolute atomic E-state index is 13.2. The molecule has 0 aromatic rings. The van der Waals surface area contributed by atoms with Gasteiger partial charge in [0.25, 0.3) is 0 Å². The fourth-order valence-electron chi connectivity index (χ4n) is 2.69. The summed E-state index contributed by atoms with van der Waals surface area (Å²) in [5.74, 6) is -0.145. The highest BCUT2D eigenvalue weighted by molar-refractivity contribution is 5.86. The molecular formula is C14H23FN2O3. The lowest BCUT2D eigenvalue weighted by Crippen LogP contribution is -2.48. The van der Waals surface area contributed by atoms with Crippen LogP contribution < -0.4 is 0 Å². The van der Waals surface area contributed by atoms with Crippen molar-refractivity contribution < 1.29 is 18.7 Å². The van der Waals surface area contributed by atoms with Gasteiger partial charge in [-0.15, -0.1) is 0 Å². The molecule has 0 aromatic carbocycles. The molecule has 0 aliphatic carbocycles. The van der Waals surface area contributed by atoms with E-state index in [1.54, 1.807) is 20.8 Å². The van der Waals surface area contributed by atoms with Gasteiger partial charge < -0.3 is 9.64 Å². The second-order valence-electron chi connectivity index (χ2n) is 6.50. The average molecular weight is 286 g/mol. The van der Waals surface area contributed by atoms with Crippen LogP contribution in [0, 0.1) is 0 Å². The molecule has 2 heterocycles. The van der Waals surface area contributed by atoms with Gasteiger partial charge in [-0.2, -0.15) is 0 Å². The van der Waals surface area contributed by atoms with E-state index in [9.17, 15) is 14.0 Å². The van der Waals surface area contributed by atoms with Crippen LogP contribution in [0.1, 0.15) is 40.0 Å². The first-order valence-corrected chi connectivity index (χ1v) is 7.20. The quantitative estimate of drug-likeness (QED) is 0.740. The van der Waals surface area contributed by atoms with Crippen LogP contribution in [-0.4, -0.2) is 59.2 Å². The van der Waals surface area contributed by atoms with E-state index in [0.717, 1.165) is 6.42 Å². The van der Waals surface area contributed by atoms with Gasteiger partial charge in [0.05, 0.1) is 6.54 Å². The molecule has 2 unspecified atom stereocenters. The molecular weight excluding hydrogens is 263 g/mol. The Balaban J connectivity index is 2.00. The number of hydrogen-bond donors (Lipinski definition) is 0. The molecule has 2 aliphatic rings. The number of amides is 2. The lowest BCUT2D eigenvalue weighted by atomic mass is 10.2. The van der Waals surface area contributed by atoms with Crippen molar-refractivity contribution in [2.45, 2.75) is 57.8 Å². The summed E-state index contributed by atoms with van der Waals surface area (Å²) in [6.07, 6.45) is 0.415. The van der Waals surface area contributed by atoms with E-state index in [-0.39, 0.29) is 12.5 Å². The predicted molar refractivity (Wildman–Crippen MR) is 72.1 cm³/mol. The monoisotopic (exact) mass is 286 g/mol. The minimum atomic E-state index is -0.935. The van der Waals surface area contributed by atoms with Crippen molar-refractivity contribution in [2.75, 3.05) is 19.6 Å². The van der Waals surface area contributed by atoms with E-state index in [1.165, 1.54) is 9.80 Å². The molecule has 0 N–H and O–H groups in total. The van der Waals surface area contributed by atoms with Crippen molar-refractivity contribution >= 4 is 12.0 Å². The summed E-state index contributed by atoms with van der Waals surface area (Å²) >= 11 is 0. The maximum Gasteiger partial charge on any atom is 0.410 e. The summed E-state index contributed by atoms with van der Waals surface area (Å²) in [6, 6.07) is -0.491. The molecule has 0 radical (unpaired) electrons. The summed E-state index contributed by atoms with van der Waals surface area (Å²) in [7, 11) is 0. The van der Waals surface area contributed by atoms with Crippen molar-refractivity contribution in [2.24, 2.45) is 0 Å². The molecule has 2 fully saturated rings. The SMILES string of the molecule is CC(C)(C)OC(=O)N1CCCC1C(=O)N1CCC(F)C1. The second kappa shape index (κ2) is 5.58. The number of alkyl halides is 1. The van der Waals surface area contributed by atoms with Crippen LogP contribution in [0.3, 0.4) is 0 Å². The van der Waals surface area contributed by atoms with Gasteiger partial charge in [-0.05, 0) is 40.0 Å². The molecule has 6 heteroatoms. The first-order valence-electron chi connectivity index (χ1n) is 7.20. The van der Waals surface area contributed by atoms with Gasteiger partial charge in [0.2, 0.25) is 5.91 Å². The molecule has 0 spiro atoms. The number of likely N-dealkylation sites (tertiary alicyclic amines) is 2. The van der Waals surface area contributed by atoms with E-state index in [1.807, 2.05) is 0 Å². The number of hydrogen-bond acceptors (Lipinski definition) is 3. The third-order valence-electron chi connectivity index (χ3n) is 3.61. The minimum absolute atomic E-state index is 0.145. The van der Waals surface area contributed by atoms with Crippen LogP contribution in [-0.2, 0) is 9.53 Å². The van der Waals surface area contributed by atoms with Gasteiger partial charge in [-0.3, -0.25) is 9.69 Å². The summed E-state index contributed by atoms with van der Waals surface area (Å²) in [5.41, 5.74) is -0.578. The standard InChI is InChI=1S/C14H23FN2O3/c1-14(2,3)20-13(19)17-7-4-5-11(17)12(18)16-8-6-10(15)9-16/h10-11H,4-9H2,1-3H3. The lowest BCUT2D eigenvalue weighted by molar-refractivity contribution is -0.135. The van der Waals surface area contributed by atoms with Gasteiger partial charge in [0.1, 0.15) is 17.8 Å². The van der Waals surface area contributed by atoms with Crippen LogP contribution in [0.2, 0.25) is 0 Å². The molecule has 5 nitrogen and oxygen atoms in total. The first kappa shape index (κ1) is 15.1. The maximum atomic E-state index is 13.2. The van der Waals surface area contributed by atoms with Gasteiger partial charge in [0, 0.05) is 13.1 Å². The minimum Gasteiger partial charge on any atom is -0.444 e. The largest absolute Gasteiger partial charge is 0.444 e. The molecule has 0 saturated carbocycles. The molecule has 0 bridgehead atoms. The van der Waals surface area contributed by atoms with Gasteiger partial charge in [-0.1, -0.05) is 0 Å². The molecule has 2 rings (SSSR count). The first-order chi connectivity index (χ1) is 9.28. The number of halogens is 1. The molecule has 2 amide bonds. The van der Waals surface area contributed by atoms with Gasteiger partial charge in [0.15, 0.2) is 0 Å². The van der Waals surface area contributed by atoms with Crippen LogP contribution in [0.15, 0.2) is 0 Å². The van der Waals surface area contributed by atoms with Crippen molar-refractivity contribution in [3.05, 3.63) is 0 Å². The highest BCUT2D eigenvalue weighted by Gasteiger charge is 2.40. The Kier molecular flexibility index (Phi) is 4.20. The Labute approximate surface area is 119 Å². The fourth-order valence-corrected chi connectivity index (χ4v) is 2.69. The van der Waals surface area contributed by atoms with Gasteiger partial charge >= 0.3 is 6.09 Å². The van der Waals surface area contributed by atoms with E-state index < -0.39 is 23.9 Å². The molecule has 20 heavy (non-hydrogen) atoms. The predicted octanol–water partition coefficient (Wildman–Crippen LogP) is 1.96. The molecule has 2 aliphatic heterocycles. The number of rotatable bonds is 1. The lowest BCUT2D eigenvalue weighted by Gasteiger charge is -2.30. The summed E-state index contributed by atoms with van der Waals surface area (Å²) in [4.78, 5) is 27.5. The van der Waals surface area contributed by atoms with E-state index in [2.05, 4.69) is 0 Å². The van der Waals surface area contributed by atoms with Crippen LogP contribution in [0.5, 0.6) is 0 Å². The molecule has 0 aromatic heterocycles. The Morgan fingerprint density at radius 1 is 1.20 bits per heavy atom. The Bertz CT molecular complexity index is 394. The third-order valence-corrected chi connectivity index (χ3v) is 3.61. The van der Waals surface area contributed by atoms with E-state index >= 15 is 0 Å². The van der Waals surface area contributed by atoms with Crippen LogP contribution in [0.4, 0.5) is 9.18 Å². The summed E-state index contributed by atoms with van der Waals surface area (Å²) in [5, 5.41) is 0. The van der Waals surface area contributed by atoms with E-state index in [4.69, 9.17) is 4.74 Å². The highest BCUT2D eigenvalue weighted by atomic mass is 19.1. The van der Waals surface area contributed by atoms with Crippen LogP contribution >= 0.6 is 0 Å². The zero-order chi connectivity index (χ0) is 14.9. The normalized spacial score (nSPS) is 27.0. The molecule has 2 atom stereocenters. The summed E-state index contributed by atoms with van der Waals surface area (Å²) in [6.45, 7) is 6.51. The Hall–Kier alpha value is -1.33. The number of ether oxygens (including phenoxy) is 1. The van der Waals surface area contributed by atoms with Crippen molar-refractivity contribution in [3.8, 4) is 0 Å². The number of carbonyl (C=O) groups is 2. The fraction of sp³-hybridized carbons (Fsp3) is 0.857. The summed E-state index contributed by atoms with van der Waals surface area (Å²) < 4.78 is 18.5. The highest BCUT2D eigenvalue weighted by Crippen LogP contribution is 2.24. The molecule has 114 valence electrons. The second-order valence-corrected chi connectivity index (χ2v) is 6.50. The van der Waals surface area contributed by atoms with Crippen LogP contribution in [0.25, 0.3) is 0 Å². The number of nitrogens with zero attached hydrogens (tertiary/aromatic N) is 2. The van der Waals surface area contributed by atoms with Crippen molar-refractivity contribution in [1.82, 2.24) is 9.80 Å². The Morgan fingerprint density at radius 2 is 1.90 bits per heavy atom. The average Bonchev–Trinajstić information content (AvgIpc) is 2.93. The third kappa shape index (κ3) is 3.41. The van der Waals surface area contributed by atoms with E-state index in [0.29, 0.717) is 25.9 Å². The van der Waals surface area contributed by atoms with Crippen molar-refractivity contribution in [1.29, 1.82) is 0 Å². The zero-order valence-corrected chi connectivity index (χ0v) is 12.4. The molecule has 2 saturated heterocycles. The topological polar surface area (TPSA) is 49.9 Å². The number of carbonyl (C=O) groups excluding carboxylic acids is 2. The van der Waals surface area contributed by atoms with Crippen molar-refractivity contribution in [3.63, 3.8) is 0 Å². The Morgan fingerprint density at radius 3 is 2.45 bits per heavy atom.